The Morgan fingerprint density at radius 3 is 2.30 bits per heavy atom. The van der Waals surface area contributed by atoms with Gasteiger partial charge in [-0.2, -0.15) is 8.42 Å². The van der Waals surface area contributed by atoms with Crippen molar-refractivity contribution in [3.8, 4) is 17.2 Å². The van der Waals surface area contributed by atoms with Crippen LogP contribution in [-0.2, 0) is 26.1 Å². The number of anilines is 1. The first-order valence-corrected chi connectivity index (χ1v) is 16.6. The van der Waals surface area contributed by atoms with Gasteiger partial charge in [-0.1, -0.05) is 39.8 Å². The molecule has 44 heavy (non-hydrogen) atoms. The van der Waals surface area contributed by atoms with Crippen LogP contribution in [0.4, 0.5) is 5.69 Å². The highest BCUT2D eigenvalue weighted by Gasteiger charge is 2.65. The van der Waals surface area contributed by atoms with Crippen molar-refractivity contribution in [1.29, 1.82) is 0 Å². The van der Waals surface area contributed by atoms with Crippen molar-refractivity contribution in [2.24, 2.45) is 22.2 Å². The second-order valence-electron chi connectivity index (χ2n) is 13.6. The molecule has 3 atom stereocenters. The van der Waals surface area contributed by atoms with Gasteiger partial charge in [0.2, 0.25) is 0 Å². The predicted octanol–water partition coefficient (Wildman–Crippen LogP) is 5.39. The quantitative estimate of drug-likeness (QED) is 0.294. The molecule has 1 amide bonds. The number of hydrogen-bond donors (Lipinski definition) is 3. The van der Waals surface area contributed by atoms with Gasteiger partial charge >= 0.3 is 0 Å². The Kier molecular flexibility index (Phi) is 9.73. The molecule has 2 saturated carbocycles. The second kappa shape index (κ2) is 12.7. The number of ketones is 1. The summed E-state index contributed by atoms with van der Waals surface area (Å²) in [5.74, 6) is 1.62. The molecule has 2 aliphatic carbocycles. The number of benzene rings is 2. The first-order valence-electron chi connectivity index (χ1n) is 14.9. The fourth-order valence-corrected chi connectivity index (χ4v) is 8.35. The molecule has 1 aliphatic heterocycles. The molecule has 0 aromatic heterocycles. The van der Waals surface area contributed by atoms with Gasteiger partial charge in [0, 0.05) is 18.1 Å². The van der Waals surface area contributed by atoms with E-state index in [1.165, 1.54) is 5.56 Å². The largest absolute Gasteiger partial charge is 0.497 e. The molecule has 2 unspecified atom stereocenters. The Bertz CT molecular complexity index is 1480. The van der Waals surface area contributed by atoms with Crippen LogP contribution in [0.2, 0.25) is 0 Å². The van der Waals surface area contributed by atoms with E-state index < -0.39 is 27.4 Å². The normalized spacial score (nSPS) is 22.7. The molecule has 5 rings (SSSR count). The number of ether oxygens (including phenoxy) is 3. The van der Waals surface area contributed by atoms with E-state index >= 15 is 0 Å². The van der Waals surface area contributed by atoms with E-state index in [9.17, 15) is 23.1 Å². The van der Waals surface area contributed by atoms with Gasteiger partial charge in [-0.15, -0.1) is 0 Å². The molecule has 2 fully saturated rings. The van der Waals surface area contributed by atoms with E-state index in [2.05, 4.69) is 31.3 Å². The molecule has 2 aromatic rings. The Morgan fingerprint density at radius 2 is 1.75 bits per heavy atom. The Balaban J connectivity index is 0.000000246. The monoisotopic (exact) mass is 631 g/mol. The van der Waals surface area contributed by atoms with Crippen LogP contribution in [0.15, 0.2) is 36.4 Å². The molecule has 242 valence electrons. The Hall–Kier alpha value is -3.15. The summed E-state index contributed by atoms with van der Waals surface area (Å²) in [4.78, 5) is 23.5. The molecule has 11 heteroatoms. The summed E-state index contributed by atoms with van der Waals surface area (Å²) in [6.07, 6.45) is 3.54. The lowest BCUT2D eigenvalue weighted by atomic mass is 9.70. The van der Waals surface area contributed by atoms with Crippen LogP contribution in [-0.4, -0.2) is 56.3 Å². The molecule has 2 aromatic carbocycles. The summed E-state index contributed by atoms with van der Waals surface area (Å²) in [5, 5.41) is 13.7. The van der Waals surface area contributed by atoms with Crippen LogP contribution in [0, 0.1) is 22.2 Å². The third-order valence-electron chi connectivity index (χ3n) is 9.81. The van der Waals surface area contributed by atoms with E-state index in [0.717, 1.165) is 25.0 Å². The highest BCUT2D eigenvalue weighted by atomic mass is 32.2. The van der Waals surface area contributed by atoms with Crippen LogP contribution >= 0.6 is 0 Å². The summed E-state index contributed by atoms with van der Waals surface area (Å²) < 4.78 is 47.1. The van der Waals surface area contributed by atoms with E-state index in [1.807, 2.05) is 26.0 Å². The number of nitrogens with one attached hydrogen (secondary N) is 1. The van der Waals surface area contributed by atoms with Crippen LogP contribution in [0.1, 0.15) is 77.0 Å². The molecule has 10 nitrogen and oxygen atoms in total. The fourth-order valence-electron chi connectivity index (χ4n) is 7.05. The van der Waals surface area contributed by atoms with Crippen LogP contribution in [0.25, 0.3) is 0 Å². The highest BCUT2D eigenvalue weighted by molar-refractivity contribution is 7.85. The van der Waals surface area contributed by atoms with Gasteiger partial charge in [-0.3, -0.25) is 14.1 Å². The minimum absolute atomic E-state index is 0.00354. The van der Waals surface area contributed by atoms with Gasteiger partial charge in [0.1, 0.15) is 23.0 Å². The zero-order valence-corrected chi connectivity index (χ0v) is 27.3. The summed E-state index contributed by atoms with van der Waals surface area (Å²) in [6.45, 7) is 8.23. The lowest BCUT2D eigenvalue weighted by Gasteiger charge is -2.35. The van der Waals surface area contributed by atoms with Crippen molar-refractivity contribution in [3.05, 3.63) is 47.5 Å². The third-order valence-corrected chi connectivity index (χ3v) is 10.7. The Labute approximate surface area is 260 Å². The van der Waals surface area contributed by atoms with Crippen molar-refractivity contribution in [3.63, 3.8) is 0 Å². The zero-order valence-electron chi connectivity index (χ0n) is 26.4. The smallest absolute Gasteiger partial charge is 0.265 e. The SMILES string of the molecule is CC1(C)C2CCC1(CS(=O)(=O)O)C(=O)C2.COc1ccc(CC(C)(C)CC[C@H](O)c2cc(OC)cc3c2OCC(=O)N3)cc1. The standard InChI is InChI=1S/C23H29NO5.C10H16O4S/c1-23(2,13-15-5-7-16(27-3)8-6-15)10-9-20(25)18-11-17(28-4)12-19-22(18)29-14-21(26)24-19;1-9(2)7-3-4-10(9,8(11)5-7)6-15(12,13)14/h5-8,11-12,20,25H,9-10,13-14H2,1-4H3,(H,24,26);7H,3-6H2,1-2H3,(H,12,13,14)/t20-;/m0./s1. The lowest BCUT2D eigenvalue weighted by molar-refractivity contribution is -0.128. The first-order chi connectivity index (χ1) is 20.5. The summed E-state index contributed by atoms with van der Waals surface area (Å²) in [5.41, 5.74) is 1.29. The van der Waals surface area contributed by atoms with Gasteiger partial charge < -0.3 is 24.6 Å². The molecule has 0 saturated heterocycles. The average molecular weight is 632 g/mol. The van der Waals surface area contributed by atoms with Gasteiger partial charge in [-0.25, -0.2) is 0 Å². The molecule has 0 spiro atoms. The number of carbonyl (C=O) groups excluding carboxylic acids is 2. The van der Waals surface area contributed by atoms with Crippen molar-refractivity contribution in [2.45, 2.75) is 72.3 Å². The van der Waals surface area contributed by atoms with E-state index in [1.54, 1.807) is 26.4 Å². The summed E-state index contributed by atoms with van der Waals surface area (Å²) in [7, 11) is -0.860. The minimum Gasteiger partial charge on any atom is -0.497 e. The second-order valence-corrected chi connectivity index (χ2v) is 15.0. The number of Topliss-reactive ketones (excluding diaryl/α,β-unsaturated/α-hetero) is 1. The maximum atomic E-state index is 11.9. The molecule has 2 bridgehead atoms. The Morgan fingerprint density at radius 1 is 1.09 bits per heavy atom. The van der Waals surface area contributed by atoms with Crippen LogP contribution in [0.5, 0.6) is 17.2 Å². The van der Waals surface area contributed by atoms with Crippen molar-refractivity contribution in [2.75, 3.05) is 31.9 Å². The molecule has 1 heterocycles. The number of rotatable bonds is 10. The van der Waals surface area contributed by atoms with Crippen molar-refractivity contribution < 1.29 is 41.9 Å². The molecule has 3 N–H and O–H groups in total. The summed E-state index contributed by atoms with van der Waals surface area (Å²) >= 11 is 0. The molecule has 0 radical (unpaired) electrons. The topological polar surface area (TPSA) is 148 Å². The number of methoxy groups -OCH3 is 2. The van der Waals surface area contributed by atoms with Gasteiger partial charge in [0.05, 0.1) is 37.2 Å². The number of hydrogen-bond acceptors (Lipinski definition) is 8. The predicted molar refractivity (Wildman–Crippen MR) is 167 cm³/mol. The third kappa shape index (κ3) is 7.21. The summed E-state index contributed by atoms with van der Waals surface area (Å²) in [6, 6.07) is 11.6. The average Bonchev–Trinajstić information content (AvgIpc) is 3.29. The molecular formula is C33H45NO9S. The van der Waals surface area contributed by atoms with Gasteiger partial charge in [0.25, 0.3) is 16.0 Å². The highest BCUT2D eigenvalue weighted by Crippen LogP contribution is 2.64. The zero-order chi connectivity index (χ0) is 32.5. The maximum Gasteiger partial charge on any atom is 0.265 e. The molecular weight excluding hydrogens is 586 g/mol. The fraction of sp³-hybridized carbons (Fsp3) is 0.576. The van der Waals surface area contributed by atoms with E-state index in [0.29, 0.717) is 42.0 Å². The maximum absolute atomic E-state index is 11.9. The van der Waals surface area contributed by atoms with Crippen molar-refractivity contribution in [1.82, 2.24) is 0 Å². The number of amides is 1. The van der Waals surface area contributed by atoms with Crippen LogP contribution < -0.4 is 19.5 Å². The number of fused-ring (bicyclic) bond motifs is 3. The first kappa shape index (κ1) is 33.7. The number of aliphatic hydroxyl groups excluding tert-OH is 1. The molecule has 3 aliphatic rings. The van der Waals surface area contributed by atoms with Crippen LogP contribution in [0.3, 0.4) is 0 Å². The minimum atomic E-state index is -4.08. The lowest BCUT2D eigenvalue weighted by Crippen LogP contribution is -2.42. The number of carbonyl (C=O) groups is 2. The van der Waals surface area contributed by atoms with Gasteiger partial charge in [0.15, 0.2) is 6.61 Å². The number of aliphatic hydroxyl groups is 1. The van der Waals surface area contributed by atoms with Gasteiger partial charge in [-0.05, 0) is 72.6 Å². The van der Waals surface area contributed by atoms with Crippen molar-refractivity contribution >= 4 is 27.5 Å². The van der Waals surface area contributed by atoms with E-state index in [-0.39, 0.29) is 35.0 Å². The van der Waals surface area contributed by atoms with E-state index in [4.69, 9.17) is 18.8 Å².